The van der Waals surface area contributed by atoms with Crippen LogP contribution < -0.4 is 16.6 Å². The van der Waals surface area contributed by atoms with Crippen LogP contribution in [0.1, 0.15) is 35.5 Å². The number of carbonyl (C=O) groups is 1. The first-order valence-electron chi connectivity index (χ1n) is 9.13. The van der Waals surface area contributed by atoms with Crippen molar-refractivity contribution in [2.75, 3.05) is 0 Å². The maximum atomic E-state index is 13.3. The molecular formula is C21H21FN4O3. The lowest BCUT2D eigenvalue weighted by Gasteiger charge is -2.13. The van der Waals surface area contributed by atoms with Crippen LogP contribution in [-0.4, -0.2) is 26.3 Å². The molecule has 3 rings (SSSR count). The number of rotatable bonds is 5. The summed E-state index contributed by atoms with van der Waals surface area (Å²) in [6.07, 6.45) is 0. The summed E-state index contributed by atoms with van der Waals surface area (Å²) in [5.41, 5.74) is 0.0398. The van der Waals surface area contributed by atoms with E-state index in [1.54, 1.807) is 19.9 Å². The Labute approximate surface area is 166 Å². The molecule has 150 valence electrons. The monoisotopic (exact) mass is 396 g/mol. The molecule has 0 spiro atoms. The number of nitrogens with zero attached hydrogens (tertiary/aromatic N) is 3. The third-order valence-corrected chi connectivity index (χ3v) is 4.19. The molecule has 3 aromatic rings. The largest absolute Gasteiger partial charge is 0.352 e. The third kappa shape index (κ3) is 4.48. The average Bonchev–Trinajstić information content (AvgIpc) is 2.65. The average molecular weight is 396 g/mol. The van der Waals surface area contributed by atoms with Crippen molar-refractivity contribution in [2.45, 2.75) is 33.4 Å². The van der Waals surface area contributed by atoms with Crippen molar-refractivity contribution in [3.63, 3.8) is 0 Å². The molecule has 0 fully saturated rings. The van der Waals surface area contributed by atoms with E-state index in [9.17, 15) is 18.8 Å². The first kappa shape index (κ1) is 20.2. The SMILES string of the molecule is Cc1cccc(Cn2c(=O)c(C(=O)NC(C)C)nn(-c3ccc(F)cc3)c2=O)c1. The Morgan fingerprint density at radius 1 is 1.14 bits per heavy atom. The highest BCUT2D eigenvalue weighted by Gasteiger charge is 2.21. The predicted molar refractivity (Wildman–Crippen MR) is 107 cm³/mol. The second kappa shape index (κ2) is 8.22. The van der Waals surface area contributed by atoms with Crippen molar-refractivity contribution in [1.29, 1.82) is 0 Å². The van der Waals surface area contributed by atoms with Crippen LogP contribution in [0.4, 0.5) is 4.39 Å². The van der Waals surface area contributed by atoms with Crippen LogP contribution in [0.5, 0.6) is 0 Å². The summed E-state index contributed by atoms with van der Waals surface area (Å²) >= 11 is 0. The molecule has 0 aliphatic rings. The van der Waals surface area contributed by atoms with E-state index in [1.165, 1.54) is 24.3 Å². The van der Waals surface area contributed by atoms with Gasteiger partial charge in [0.2, 0.25) is 5.69 Å². The summed E-state index contributed by atoms with van der Waals surface area (Å²) in [7, 11) is 0. The normalized spacial score (nSPS) is 10.9. The molecule has 0 atom stereocenters. The minimum atomic E-state index is -0.784. The second-order valence-corrected chi connectivity index (χ2v) is 7.03. The summed E-state index contributed by atoms with van der Waals surface area (Å²) in [5, 5.41) is 6.60. The van der Waals surface area contributed by atoms with E-state index in [0.717, 1.165) is 20.4 Å². The van der Waals surface area contributed by atoms with Gasteiger partial charge in [-0.25, -0.2) is 9.18 Å². The standard InChI is InChI=1S/C21H21FN4O3/c1-13(2)23-19(27)18-20(28)25(12-15-6-4-5-14(3)11-15)21(29)26(24-18)17-9-7-16(22)8-10-17/h4-11,13H,12H2,1-3H3,(H,23,27). The predicted octanol–water partition coefficient (Wildman–Crippen LogP) is 2.03. The van der Waals surface area contributed by atoms with Crippen molar-refractivity contribution >= 4 is 5.91 Å². The first-order chi connectivity index (χ1) is 13.8. The number of hydrogen-bond donors (Lipinski definition) is 1. The first-order valence-corrected chi connectivity index (χ1v) is 9.13. The third-order valence-electron chi connectivity index (χ3n) is 4.19. The number of aromatic nitrogens is 3. The summed E-state index contributed by atoms with van der Waals surface area (Å²) in [4.78, 5) is 38.4. The molecule has 0 saturated heterocycles. The van der Waals surface area contributed by atoms with Gasteiger partial charge in [0, 0.05) is 6.04 Å². The zero-order chi connectivity index (χ0) is 21.1. The summed E-state index contributed by atoms with van der Waals surface area (Å²) < 4.78 is 15.2. The molecule has 29 heavy (non-hydrogen) atoms. The van der Waals surface area contributed by atoms with Crippen LogP contribution in [0.15, 0.2) is 58.1 Å². The molecular weight excluding hydrogens is 375 g/mol. The van der Waals surface area contributed by atoms with Gasteiger partial charge in [0.15, 0.2) is 0 Å². The number of aryl methyl sites for hydroxylation is 1. The van der Waals surface area contributed by atoms with Crippen LogP contribution in [0, 0.1) is 12.7 Å². The number of halogens is 1. The van der Waals surface area contributed by atoms with Crippen LogP contribution in [0.3, 0.4) is 0 Å². The van der Waals surface area contributed by atoms with Gasteiger partial charge in [-0.15, -0.1) is 0 Å². The Morgan fingerprint density at radius 3 is 2.45 bits per heavy atom. The van der Waals surface area contributed by atoms with E-state index in [0.29, 0.717) is 0 Å². The van der Waals surface area contributed by atoms with E-state index in [2.05, 4.69) is 10.4 Å². The minimum Gasteiger partial charge on any atom is -0.348 e. The molecule has 1 N–H and O–H groups in total. The molecule has 2 aromatic carbocycles. The highest BCUT2D eigenvalue weighted by molar-refractivity contribution is 5.91. The number of carbonyl (C=O) groups excluding carboxylic acids is 1. The zero-order valence-corrected chi connectivity index (χ0v) is 16.3. The van der Waals surface area contributed by atoms with Gasteiger partial charge in [0.1, 0.15) is 5.82 Å². The van der Waals surface area contributed by atoms with Crippen molar-refractivity contribution in [3.8, 4) is 5.69 Å². The van der Waals surface area contributed by atoms with Crippen LogP contribution in [0.25, 0.3) is 5.69 Å². The molecule has 0 unspecified atom stereocenters. The van der Waals surface area contributed by atoms with Crippen molar-refractivity contribution < 1.29 is 9.18 Å². The van der Waals surface area contributed by atoms with E-state index in [1.807, 2.05) is 25.1 Å². The maximum absolute atomic E-state index is 13.3. The zero-order valence-electron chi connectivity index (χ0n) is 16.3. The van der Waals surface area contributed by atoms with Gasteiger partial charge in [-0.1, -0.05) is 29.8 Å². The maximum Gasteiger partial charge on any atom is 0.352 e. The van der Waals surface area contributed by atoms with E-state index in [4.69, 9.17) is 0 Å². The Balaban J connectivity index is 2.21. The molecule has 0 bridgehead atoms. The molecule has 8 heteroatoms. The lowest BCUT2D eigenvalue weighted by molar-refractivity contribution is 0.0933. The van der Waals surface area contributed by atoms with E-state index >= 15 is 0 Å². The summed E-state index contributed by atoms with van der Waals surface area (Å²) in [6.45, 7) is 5.38. The van der Waals surface area contributed by atoms with Gasteiger partial charge < -0.3 is 5.32 Å². The number of nitrogens with one attached hydrogen (secondary N) is 1. The molecule has 0 aliphatic carbocycles. The number of benzene rings is 2. The highest BCUT2D eigenvalue weighted by Crippen LogP contribution is 2.07. The summed E-state index contributed by atoms with van der Waals surface area (Å²) in [5.74, 6) is -1.16. The molecule has 1 aromatic heterocycles. The molecule has 0 saturated carbocycles. The van der Waals surface area contributed by atoms with Crippen LogP contribution in [-0.2, 0) is 6.54 Å². The Kier molecular flexibility index (Phi) is 5.72. The molecule has 7 nitrogen and oxygen atoms in total. The fourth-order valence-corrected chi connectivity index (χ4v) is 2.87. The highest BCUT2D eigenvalue weighted by atomic mass is 19.1. The van der Waals surface area contributed by atoms with Gasteiger partial charge in [-0.2, -0.15) is 9.78 Å². The van der Waals surface area contributed by atoms with Gasteiger partial charge in [-0.05, 0) is 50.6 Å². The van der Waals surface area contributed by atoms with Crippen LogP contribution >= 0.6 is 0 Å². The topological polar surface area (TPSA) is 86.0 Å². The van der Waals surface area contributed by atoms with Gasteiger partial charge in [0.05, 0.1) is 12.2 Å². The number of hydrogen-bond acceptors (Lipinski definition) is 4. The Morgan fingerprint density at radius 2 is 1.83 bits per heavy atom. The van der Waals surface area contributed by atoms with E-state index in [-0.39, 0.29) is 18.3 Å². The van der Waals surface area contributed by atoms with Gasteiger partial charge in [0.25, 0.3) is 11.5 Å². The Hall–Kier alpha value is -3.55. The Bertz CT molecular complexity index is 1160. The second-order valence-electron chi connectivity index (χ2n) is 7.03. The fourth-order valence-electron chi connectivity index (χ4n) is 2.87. The summed E-state index contributed by atoms with van der Waals surface area (Å²) in [6, 6.07) is 12.2. The fraction of sp³-hybridized carbons (Fsp3) is 0.238. The van der Waals surface area contributed by atoms with Gasteiger partial charge >= 0.3 is 5.69 Å². The quantitative estimate of drug-likeness (QED) is 0.715. The lowest BCUT2D eigenvalue weighted by Crippen LogP contribution is -2.46. The minimum absolute atomic E-state index is 0.0228. The molecule has 1 amide bonds. The van der Waals surface area contributed by atoms with E-state index < -0.39 is 28.7 Å². The smallest absolute Gasteiger partial charge is 0.348 e. The number of amides is 1. The van der Waals surface area contributed by atoms with Crippen LogP contribution in [0.2, 0.25) is 0 Å². The van der Waals surface area contributed by atoms with Gasteiger partial charge in [-0.3, -0.25) is 14.2 Å². The molecule has 1 heterocycles. The molecule has 0 radical (unpaired) electrons. The lowest BCUT2D eigenvalue weighted by atomic mass is 10.1. The van der Waals surface area contributed by atoms with Crippen molar-refractivity contribution in [3.05, 3.63) is 92.0 Å². The molecule has 0 aliphatic heterocycles. The van der Waals surface area contributed by atoms with Crippen molar-refractivity contribution in [1.82, 2.24) is 19.7 Å². The van der Waals surface area contributed by atoms with Crippen molar-refractivity contribution in [2.24, 2.45) is 0 Å².